The number of aromatic nitrogens is 2. The second kappa shape index (κ2) is 8.72. The number of benzene rings is 1. The van der Waals surface area contributed by atoms with Crippen LogP contribution in [-0.2, 0) is 0 Å². The summed E-state index contributed by atoms with van der Waals surface area (Å²) in [4.78, 5) is 22.5. The molecule has 0 atom stereocenters. The Morgan fingerprint density at radius 3 is 2.64 bits per heavy atom. The molecule has 0 saturated carbocycles. The van der Waals surface area contributed by atoms with Gasteiger partial charge in [-0.3, -0.25) is 15.6 Å². The molecule has 0 fully saturated rings. The van der Waals surface area contributed by atoms with Gasteiger partial charge in [0.1, 0.15) is 17.8 Å². The van der Waals surface area contributed by atoms with E-state index in [9.17, 15) is 4.79 Å². The van der Waals surface area contributed by atoms with Crippen molar-refractivity contribution in [2.24, 2.45) is 0 Å². The minimum atomic E-state index is -0.304. The van der Waals surface area contributed by atoms with Crippen LogP contribution in [0.3, 0.4) is 0 Å². The van der Waals surface area contributed by atoms with E-state index in [0.717, 1.165) is 19.4 Å². The first-order valence-corrected chi connectivity index (χ1v) is 8.08. The lowest BCUT2D eigenvalue weighted by Crippen LogP contribution is -2.31. The number of nitrogens with two attached hydrogens (primary N) is 1. The molecule has 0 aliphatic rings. The van der Waals surface area contributed by atoms with Crippen LogP contribution in [0.15, 0.2) is 30.6 Å². The Morgan fingerprint density at radius 2 is 2.00 bits per heavy atom. The van der Waals surface area contributed by atoms with Crippen LogP contribution >= 0.6 is 0 Å². The third-order valence-corrected chi connectivity index (χ3v) is 3.72. The first kappa shape index (κ1) is 18.3. The van der Waals surface area contributed by atoms with E-state index in [2.05, 4.69) is 27.7 Å². The number of ether oxygens (including phenoxy) is 1. The highest BCUT2D eigenvalue weighted by atomic mass is 16.5. The molecule has 1 aromatic heterocycles. The van der Waals surface area contributed by atoms with Crippen LogP contribution < -0.4 is 26.2 Å². The van der Waals surface area contributed by atoms with Crippen LogP contribution in [0, 0.1) is 0 Å². The van der Waals surface area contributed by atoms with Crippen LogP contribution in [0.5, 0.6) is 5.75 Å². The first-order chi connectivity index (χ1) is 12.1. The van der Waals surface area contributed by atoms with Crippen LogP contribution in [0.1, 0.15) is 30.1 Å². The molecule has 2 rings (SSSR count). The molecule has 134 valence electrons. The summed E-state index contributed by atoms with van der Waals surface area (Å²) in [6.07, 6.45) is 3.53. The highest BCUT2D eigenvalue weighted by Gasteiger charge is 2.13. The monoisotopic (exact) mass is 344 g/mol. The average molecular weight is 344 g/mol. The number of methoxy groups -OCH3 is 1. The molecular weight excluding hydrogens is 320 g/mol. The number of nitrogens with one attached hydrogen (secondary N) is 2. The van der Waals surface area contributed by atoms with Crippen molar-refractivity contribution in [2.45, 2.75) is 19.8 Å². The molecule has 4 N–H and O–H groups in total. The van der Waals surface area contributed by atoms with E-state index in [0.29, 0.717) is 28.6 Å². The van der Waals surface area contributed by atoms with Crippen molar-refractivity contribution in [1.29, 1.82) is 0 Å². The van der Waals surface area contributed by atoms with Gasteiger partial charge in [0.05, 0.1) is 7.11 Å². The van der Waals surface area contributed by atoms with Crippen molar-refractivity contribution in [3.63, 3.8) is 0 Å². The number of hydrogen-bond donors (Lipinski definition) is 3. The topological polar surface area (TPSA) is 105 Å². The van der Waals surface area contributed by atoms with Crippen molar-refractivity contribution in [1.82, 2.24) is 15.4 Å². The third kappa shape index (κ3) is 4.72. The summed E-state index contributed by atoms with van der Waals surface area (Å²) >= 11 is 0. The molecule has 0 unspecified atom stereocenters. The fraction of sp³-hybridized carbons (Fsp3) is 0.353. The standard InChI is InChI=1S/C17H24N6O2/c1-4-5-10-23(2)16-14(18)15(19-11-20-16)21-22-17(24)12-6-8-13(25-3)9-7-12/h6-9,11H,4-5,10,18H2,1-3H3,(H,22,24)(H,19,20,21). The summed E-state index contributed by atoms with van der Waals surface area (Å²) < 4.78 is 5.07. The van der Waals surface area contributed by atoms with Gasteiger partial charge in [0.2, 0.25) is 0 Å². The van der Waals surface area contributed by atoms with E-state index in [1.54, 1.807) is 31.4 Å². The van der Waals surface area contributed by atoms with Gasteiger partial charge in [-0.25, -0.2) is 9.97 Å². The SMILES string of the molecule is CCCCN(C)c1ncnc(NNC(=O)c2ccc(OC)cc2)c1N. The predicted octanol–water partition coefficient (Wildman–Crippen LogP) is 2.06. The highest BCUT2D eigenvalue weighted by Crippen LogP contribution is 2.24. The molecule has 2 aromatic rings. The lowest BCUT2D eigenvalue weighted by molar-refractivity contribution is 0.0962. The number of nitrogens with zero attached hydrogens (tertiary/aromatic N) is 3. The number of hydrogen-bond acceptors (Lipinski definition) is 7. The minimum absolute atomic E-state index is 0.304. The summed E-state index contributed by atoms with van der Waals surface area (Å²) in [5.41, 5.74) is 12.3. The fourth-order valence-electron chi connectivity index (χ4n) is 2.22. The smallest absolute Gasteiger partial charge is 0.269 e. The number of unbranched alkanes of at least 4 members (excludes halogenated alkanes) is 1. The molecule has 0 bridgehead atoms. The van der Waals surface area contributed by atoms with Crippen LogP contribution in [-0.4, -0.2) is 36.6 Å². The van der Waals surface area contributed by atoms with Gasteiger partial charge < -0.3 is 15.4 Å². The van der Waals surface area contributed by atoms with E-state index in [1.807, 2.05) is 11.9 Å². The quantitative estimate of drug-likeness (QED) is 0.629. The van der Waals surface area contributed by atoms with E-state index in [4.69, 9.17) is 10.5 Å². The lowest BCUT2D eigenvalue weighted by atomic mass is 10.2. The summed E-state index contributed by atoms with van der Waals surface area (Å²) in [6.45, 7) is 2.97. The van der Waals surface area contributed by atoms with Crippen molar-refractivity contribution in [3.05, 3.63) is 36.2 Å². The van der Waals surface area contributed by atoms with Gasteiger partial charge >= 0.3 is 0 Å². The first-order valence-electron chi connectivity index (χ1n) is 8.08. The molecule has 1 amide bonds. The van der Waals surface area contributed by atoms with Crippen LogP contribution in [0.4, 0.5) is 17.3 Å². The Hall–Kier alpha value is -3.03. The van der Waals surface area contributed by atoms with Gasteiger partial charge in [0.15, 0.2) is 11.6 Å². The molecule has 1 aromatic carbocycles. The van der Waals surface area contributed by atoms with Gasteiger partial charge in [-0.15, -0.1) is 0 Å². The third-order valence-electron chi connectivity index (χ3n) is 3.72. The maximum absolute atomic E-state index is 12.2. The molecule has 0 saturated heterocycles. The zero-order chi connectivity index (χ0) is 18.2. The Balaban J connectivity index is 2.03. The molecule has 8 heteroatoms. The van der Waals surface area contributed by atoms with Gasteiger partial charge in [0, 0.05) is 19.2 Å². The largest absolute Gasteiger partial charge is 0.497 e. The Kier molecular flexibility index (Phi) is 6.39. The molecule has 8 nitrogen and oxygen atoms in total. The fourth-order valence-corrected chi connectivity index (χ4v) is 2.22. The molecule has 1 heterocycles. The number of nitrogen functional groups attached to an aromatic ring is 1. The molecule has 0 radical (unpaired) electrons. The maximum Gasteiger partial charge on any atom is 0.269 e. The zero-order valence-electron chi connectivity index (χ0n) is 14.7. The van der Waals surface area contributed by atoms with Crippen molar-refractivity contribution < 1.29 is 9.53 Å². The van der Waals surface area contributed by atoms with Gasteiger partial charge in [-0.2, -0.15) is 0 Å². The second-order valence-electron chi connectivity index (χ2n) is 5.54. The Bertz CT molecular complexity index is 705. The summed E-state index contributed by atoms with van der Waals surface area (Å²) in [5.74, 6) is 1.37. The highest BCUT2D eigenvalue weighted by molar-refractivity contribution is 5.95. The van der Waals surface area contributed by atoms with E-state index in [-0.39, 0.29) is 5.91 Å². The molecular formula is C17H24N6O2. The lowest BCUT2D eigenvalue weighted by Gasteiger charge is -2.20. The molecule has 25 heavy (non-hydrogen) atoms. The number of hydrazine groups is 1. The van der Waals surface area contributed by atoms with Crippen molar-refractivity contribution >= 4 is 23.2 Å². The Labute approximate surface area is 147 Å². The van der Waals surface area contributed by atoms with E-state index in [1.165, 1.54) is 6.33 Å². The molecule has 0 aliphatic heterocycles. The summed E-state index contributed by atoms with van der Waals surface area (Å²) in [6, 6.07) is 6.77. The van der Waals surface area contributed by atoms with Gasteiger partial charge in [0.25, 0.3) is 5.91 Å². The maximum atomic E-state index is 12.2. The predicted molar refractivity (Wildman–Crippen MR) is 98.7 cm³/mol. The van der Waals surface area contributed by atoms with E-state index >= 15 is 0 Å². The van der Waals surface area contributed by atoms with E-state index < -0.39 is 0 Å². The van der Waals surface area contributed by atoms with Crippen molar-refractivity contribution in [3.8, 4) is 5.75 Å². The molecule has 0 spiro atoms. The van der Waals surface area contributed by atoms with Crippen LogP contribution in [0.2, 0.25) is 0 Å². The summed E-state index contributed by atoms with van der Waals surface area (Å²) in [7, 11) is 3.50. The normalized spacial score (nSPS) is 10.2. The zero-order valence-corrected chi connectivity index (χ0v) is 14.7. The Morgan fingerprint density at radius 1 is 1.28 bits per heavy atom. The average Bonchev–Trinajstić information content (AvgIpc) is 2.65. The molecule has 0 aliphatic carbocycles. The minimum Gasteiger partial charge on any atom is -0.497 e. The summed E-state index contributed by atoms with van der Waals surface area (Å²) in [5, 5.41) is 0. The number of amides is 1. The number of anilines is 3. The van der Waals surface area contributed by atoms with Crippen LogP contribution in [0.25, 0.3) is 0 Å². The van der Waals surface area contributed by atoms with Gasteiger partial charge in [-0.05, 0) is 30.7 Å². The number of carbonyl (C=O) groups is 1. The van der Waals surface area contributed by atoms with Crippen molar-refractivity contribution in [2.75, 3.05) is 36.8 Å². The number of carbonyl (C=O) groups excluding carboxylic acids is 1. The number of rotatable bonds is 8. The second-order valence-corrected chi connectivity index (χ2v) is 5.54. The van der Waals surface area contributed by atoms with Gasteiger partial charge in [-0.1, -0.05) is 13.3 Å².